The van der Waals surface area contributed by atoms with Crippen LogP contribution in [-0.2, 0) is 6.42 Å². The zero-order valence-electron chi connectivity index (χ0n) is 7.15. The molecule has 0 saturated carbocycles. The minimum Gasteiger partial charge on any atom is -0.207 e. The summed E-state index contributed by atoms with van der Waals surface area (Å²) in [5, 5.41) is 0.410. The molecule has 1 aromatic rings. The Morgan fingerprint density at radius 2 is 2.15 bits per heavy atom. The summed E-state index contributed by atoms with van der Waals surface area (Å²) >= 11 is 12.0. The Labute approximate surface area is 86.7 Å². The first-order valence-electron chi connectivity index (χ1n) is 4.21. The number of halogens is 3. The Kier molecular flexibility index (Phi) is 2.25. The van der Waals surface area contributed by atoms with Gasteiger partial charge in [-0.2, -0.15) is 0 Å². The van der Waals surface area contributed by atoms with E-state index in [0.717, 1.165) is 17.5 Å². The van der Waals surface area contributed by atoms with Crippen molar-refractivity contribution in [1.82, 2.24) is 0 Å². The van der Waals surface area contributed by atoms with Gasteiger partial charge in [0.15, 0.2) is 0 Å². The maximum absolute atomic E-state index is 13.0. The quantitative estimate of drug-likeness (QED) is 0.579. The summed E-state index contributed by atoms with van der Waals surface area (Å²) in [6.07, 6.45) is 0.850. The molecule has 2 rings (SSSR count). The Bertz CT molecular complexity index is 349. The van der Waals surface area contributed by atoms with Crippen LogP contribution < -0.4 is 0 Å². The molecule has 0 radical (unpaired) electrons. The molecule has 2 atom stereocenters. The molecule has 2 unspecified atom stereocenters. The van der Waals surface area contributed by atoms with Crippen molar-refractivity contribution in [2.45, 2.75) is 18.7 Å². The van der Waals surface area contributed by atoms with Crippen molar-refractivity contribution < 1.29 is 4.39 Å². The standard InChI is InChI=1S/C10H9Cl2F/c1-5-2-7-8(10(5)12)3-6(13)4-9(7)11/h3-5,10H,2H2,1H3. The van der Waals surface area contributed by atoms with Crippen LogP contribution in [0.15, 0.2) is 12.1 Å². The van der Waals surface area contributed by atoms with Crippen molar-refractivity contribution in [3.8, 4) is 0 Å². The highest BCUT2D eigenvalue weighted by atomic mass is 35.5. The number of alkyl halides is 1. The molecule has 0 bridgehead atoms. The van der Waals surface area contributed by atoms with Gasteiger partial charge in [0.2, 0.25) is 0 Å². The predicted molar refractivity (Wildman–Crippen MR) is 52.9 cm³/mol. The molecule has 0 aliphatic heterocycles. The van der Waals surface area contributed by atoms with E-state index in [0.29, 0.717) is 10.9 Å². The van der Waals surface area contributed by atoms with Gasteiger partial charge in [-0.3, -0.25) is 0 Å². The highest BCUT2D eigenvalue weighted by Gasteiger charge is 2.29. The number of hydrogen-bond acceptors (Lipinski definition) is 0. The van der Waals surface area contributed by atoms with Crippen LogP contribution in [-0.4, -0.2) is 0 Å². The second-order valence-electron chi connectivity index (χ2n) is 3.54. The van der Waals surface area contributed by atoms with Gasteiger partial charge in [-0.25, -0.2) is 4.39 Å². The number of fused-ring (bicyclic) bond motifs is 1. The van der Waals surface area contributed by atoms with Gasteiger partial charge < -0.3 is 0 Å². The van der Waals surface area contributed by atoms with E-state index in [1.165, 1.54) is 12.1 Å². The molecule has 0 spiro atoms. The van der Waals surface area contributed by atoms with E-state index in [9.17, 15) is 4.39 Å². The molecule has 0 amide bonds. The zero-order chi connectivity index (χ0) is 9.59. The molecule has 1 aliphatic carbocycles. The number of rotatable bonds is 0. The van der Waals surface area contributed by atoms with Crippen LogP contribution in [0.4, 0.5) is 4.39 Å². The summed E-state index contributed by atoms with van der Waals surface area (Å²) in [5.74, 6) is 0.0412. The van der Waals surface area contributed by atoms with Gasteiger partial charge in [0.1, 0.15) is 5.82 Å². The van der Waals surface area contributed by atoms with E-state index in [4.69, 9.17) is 23.2 Å². The van der Waals surface area contributed by atoms with E-state index in [2.05, 4.69) is 0 Å². The van der Waals surface area contributed by atoms with Crippen molar-refractivity contribution in [1.29, 1.82) is 0 Å². The van der Waals surface area contributed by atoms with E-state index < -0.39 is 0 Å². The van der Waals surface area contributed by atoms with Crippen LogP contribution in [0.25, 0.3) is 0 Å². The lowest BCUT2D eigenvalue weighted by atomic mass is 10.1. The van der Waals surface area contributed by atoms with E-state index in [-0.39, 0.29) is 11.2 Å². The van der Waals surface area contributed by atoms with Crippen molar-refractivity contribution in [3.63, 3.8) is 0 Å². The van der Waals surface area contributed by atoms with Crippen molar-refractivity contribution in [2.24, 2.45) is 5.92 Å². The molecule has 0 nitrogen and oxygen atoms in total. The summed E-state index contributed by atoms with van der Waals surface area (Å²) in [5.41, 5.74) is 1.87. The molecule has 13 heavy (non-hydrogen) atoms. The third kappa shape index (κ3) is 1.44. The normalized spacial score (nSPS) is 26.2. The van der Waals surface area contributed by atoms with Crippen LogP contribution >= 0.6 is 23.2 Å². The van der Waals surface area contributed by atoms with Gasteiger partial charge in [0, 0.05) is 5.02 Å². The monoisotopic (exact) mass is 218 g/mol. The summed E-state index contributed by atoms with van der Waals surface area (Å²) in [7, 11) is 0. The summed E-state index contributed by atoms with van der Waals surface area (Å²) in [6.45, 7) is 2.05. The molecule has 0 aromatic heterocycles. The van der Waals surface area contributed by atoms with Gasteiger partial charge >= 0.3 is 0 Å². The van der Waals surface area contributed by atoms with Gasteiger partial charge in [-0.15, -0.1) is 11.6 Å². The van der Waals surface area contributed by atoms with Crippen LogP contribution in [0.5, 0.6) is 0 Å². The first-order valence-corrected chi connectivity index (χ1v) is 5.03. The third-order valence-corrected chi connectivity index (χ3v) is 3.52. The lowest BCUT2D eigenvalue weighted by Gasteiger charge is -2.06. The molecular weight excluding hydrogens is 210 g/mol. The Hall–Kier alpha value is -0.270. The van der Waals surface area contributed by atoms with Gasteiger partial charge in [0.25, 0.3) is 0 Å². The van der Waals surface area contributed by atoms with Gasteiger partial charge in [0.05, 0.1) is 5.38 Å². The van der Waals surface area contributed by atoms with E-state index in [1.807, 2.05) is 6.92 Å². The van der Waals surface area contributed by atoms with Crippen LogP contribution in [0.3, 0.4) is 0 Å². The van der Waals surface area contributed by atoms with Crippen molar-refractivity contribution in [3.05, 3.63) is 34.1 Å². The molecule has 3 heteroatoms. The minimum atomic E-state index is -0.302. The van der Waals surface area contributed by atoms with Gasteiger partial charge in [-0.05, 0) is 35.6 Å². The molecule has 1 aromatic carbocycles. The molecule has 0 N–H and O–H groups in total. The largest absolute Gasteiger partial charge is 0.207 e. The fourth-order valence-electron chi connectivity index (χ4n) is 1.82. The van der Waals surface area contributed by atoms with Gasteiger partial charge in [-0.1, -0.05) is 18.5 Å². The minimum absolute atomic E-state index is 0.0943. The topological polar surface area (TPSA) is 0 Å². The molecule has 70 valence electrons. The van der Waals surface area contributed by atoms with Crippen LogP contribution in [0, 0.1) is 11.7 Å². The zero-order valence-corrected chi connectivity index (χ0v) is 8.66. The first-order chi connectivity index (χ1) is 6.09. The molecule has 1 aliphatic rings. The van der Waals surface area contributed by atoms with E-state index >= 15 is 0 Å². The maximum Gasteiger partial charge on any atom is 0.125 e. The Morgan fingerprint density at radius 1 is 1.46 bits per heavy atom. The Balaban J connectivity index is 2.57. The summed E-state index contributed by atoms with van der Waals surface area (Å²) < 4.78 is 13.0. The highest BCUT2D eigenvalue weighted by molar-refractivity contribution is 6.32. The van der Waals surface area contributed by atoms with Crippen LogP contribution in [0.1, 0.15) is 23.4 Å². The maximum atomic E-state index is 13.0. The molecule has 0 saturated heterocycles. The lowest BCUT2D eigenvalue weighted by molar-refractivity contribution is 0.604. The van der Waals surface area contributed by atoms with Crippen molar-refractivity contribution in [2.75, 3.05) is 0 Å². The smallest absolute Gasteiger partial charge is 0.125 e. The molecule has 0 heterocycles. The second-order valence-corrected chi connectivity index (χ2v) is 4.42. The van der Waals surface area contributed by atoms with Crippen molar-refractivity contribution >= 4 is 23.2 Å². The number of hydrogen-bond donors (Lipinski definition) is 0. The average molecular weight is 219 g/mol. The Morgan fingerprint density at radius 3 is 2.85 bits per heavy atom. The summed E-state index contributed by atoms with van der Waals surface area (Å²) in [4.78, 5) is 0. The fourth-order valence-corrected chi connectivity index (χ4v) is 2.39. The molecular formula is C10H9Cl2F. The first kappa shape index (κ1) is 9.29. The third-order valence-electron chi connectivity index (χ3n) is 2.52. The molecule has 0 fully saturated rings. The highest BCUT2D eigenvalue weighted by Crippen LogP contribution is 2.43. The summed E-state index contributed by atoms with van der Waals surface area (Å²) in [6, 6.07) is 2.84. The van der Waals surface area contributed by atoms with Crippen LogP contribution in [0.2, 0.25) is 5.02 Å². The van der Waals surface area contributed by atoms with E-state index in [1.54, 1.807) is 0 Å². The fraction of sp³-hybridized carbons (Fsp3) is 0.400. The predicted octanol–water partition coefficient (Wildman–Crippen LogP) is 3.95. The average Bonchev–Trinajstić information content (AvgIpc) is 2.32. The SMILES string of the molecule is CC1Cc2c(Cl)cc(F)cc2C1Cl. The number of benzene rings is 1. The second kappa shape index (κ2) is 3.14. The lowest BCUT2D eigenvalue weighted by Crippen LogP contribution is -1.94.